The van der Waals surface area contributed by atoms with Gasteiger partial charge in [-0.05, 0) is 25.2 Å². The van der Waals surface area contributed by atoms with Crippen LogP contribution < -0.4 is 4.74 Å². The molecule has 0 spiro atoms. The van der Waals surface area contributed by atoms with Crippen molar-refractivity contribution < 1.29 is 9.13 Å². The SMILES string of the molecule is CCCCCCC(F)COc1nc(-c2ccccc2)ncc1CCCCCCCC1CCCC1. The van der Waals surface area contributed by atoms with E-state index in [-0.39, 0.29) is 6.61 Å². The maximum absolute atomic E-state index is 14.4. The Morgan fingerprint density at radius 1 is 0.941 bits per heavy atom. The Bertz CT molecular complexity index is 792. The molecule has 1 aromatic carbocycles. The maximum atomic E-state index is 14.4. The van der Waals surface area contributed by atoms with Crippen molar-refractivity contribution in [2.75, 3.05) is 6.61 Å². The summed E-state index contributed by atoms with van der Waals surface area (Å²) in [6.07, 6.45) is 20.3. The topological polar surface area (TPSA) is 35.0 Å². The lowest BCUT2D eigenvalue weighted by atomic mass is 9.99. The standard InChI is InChI=1S/C30H45FN2O/c1-2-3-4-13-22-28(31)24-34-30-27(23-32-29(33-30)26-19-11-8-12-20-26)21-10-7-5-6-9-16-25-17-14-15-18-25/h8,11-12,19-20,23,25,28H,2-7,9-10,13-18,21-22,24H2,1H3. The summed E-state index contributed by atoms with van der Waals surface area (Å²) >= 11 is 0. The Morgan fingerprint density at radius 2 is 1.68 bits per heavy atom. The monoisotopic (exact) mass is 468 g/mol. The van der Waals surface area contributed by atoms with Gasteiger partial charge in [0, 0.05) is 17.3 Å². The molecule has 188 valence electrons. The molecule has 1 aromatic heterocycles. The first-order chi connectivity index (χ1) is 16.8. The number of rotatable bonds is 17. The molecule has 34 heavy (non-hydrogen) atoms. The highest BCUT2D eigenvalue weighted by Gasteiger charge is 2.15. The smallest absolute Gasteiger partial charge is 0.220 e. The fourth-order valence-electron chi connectivity index (χ4n) is 5.04. The number of hydrogen-bond donors (Lipinski definition) is 0. The van der Waals surface area contributed by atoms with Crippen LogP contribution in [0.2, 0.25) is 0 Å². The minimum absolute atomic E-state index is 0.0749. The Kier molecular flexibility index (Phi) is 12.4. The van der Waals surface area contributed by atoms with Gasteiger partial charge < -0.3 is 4.74 Å². The predicted molar refractivity (Wildman–Crippen MR) is 140 cm³/mol. The molecular weight excluding hydrogens is 423 g/mol. The summed E-state index contributed by atoms with van der Waals surface area (Å²) in [6.45, 7) is 2.25. The van der Waals surface area contributed by atoms with Gasteiger partial charge in [0.1, 0.15) is 12.8 Å². The van der Waals surface area contributed by atoms with Crippen LogP contribution in [0.25, 0.3) is 11.4 Å². The lowest BCUT2D eigenvalue weighted by Crippen LogP contribution is -2.15. The van der Waals surface area contributed by atoms with Gasteiger partial charge in [-0.2, -0.15) is 4.98 Å². The number of hydrogen-bond acceptors (Lipinski definition) is 3. The van der Waals surface area contributed by atoms with E-state index in [4.69, 9.17) is 9.72 Å². The van der Waals surface area contributed by atoms with Crippen molar-refractivity contribution in [1.82, 2.24) is 9.97 Å². The summed E-state index contributed by atoms with van der Waals surface area (Å²) in [4.78, 5) is 9.29. The minimum Gasteiger partial charge on any atom is -0.474 e. The molecule has 2 aromatic rings. The average Bonchev–Trinajstić information content (AvgIpc) is 3.39. The third kappa shape index (κ3) is 9.72. The number of nitrogens with zero attached hydrogens (tertiary/aromatic N) is 2. The third-order valence-electron chi connectivity index (χ3n) is 7.16. The summed E-state index contributed by atoms with van der Waals surface area (Å²) in [5.74, 6) is 2.21. The van der Waals surface area contributed by atoms with Crippen LogP contribution in [0.1, 0.15) is 109 Å². The van der Waals surface area contributed by atoms with E-state index in [1.54, 1.807) is 0 Å². The molecule has 1 unspecified atom stereocenters. The summed E-state index contributed by atoms with van der Waals surface area (Å²) in [6, 6.07) is 9.93. The summed E-state index contributed by atoms with van der Waals surface area (Å²) < 4.78 is 20.4. The second kappa shape index (κ2) is 15.8. The van der Waals surface area contributed by atoms with Crippen LogP contribution in [0.15, 0.2) is 36.5 Å². The van der Waals surface area contributed by atoms with Crippen LogP contribution in [0.5, 0.6) is 5.88 Å². The van der Waals surface area contributed by atoms with Crippen molar-refractivity contribution >= 4 is 0 Å². The molecule has 0 radical (unpaired) electrons. The van der Waals surface area contributed by atoms with E-state index in [0.29, 0.717) is 18.1 Å². The van der Waals surface area contributed by atoms with Gasteiger partial charge in [0.15, 0.2) is 5.82 Å². The molecule has 0 amide bonds. The first-order valence-electron chi connectivity index (χ1n) is 13.9. The Balaban J connectivity index is 1.48. The number of unbranched alkanes of at least 4 members (excludes halogenated alkanes) is 7. The molecule has 1 saturated carbocycles. The van der Waals surface area contributed by atoms with Gasteiger partial charge in [-0.15, -0.1) is 0 Å². The number of aryl methyl sites for hydroxylation is 1. The second-order valence-electron chi connectivity index (χ2n) is 10.1. The molecule has 1 aliphatic rings. The van der Waals surface area contributed by atoms with E-state index in [2.05, 4.69) is 11.9 Å². The molecule has 1 atom stereocenters. The number of ether oxygens (including phenoxy) is 1. The van der Waals surface area contributed by atoms with E-state index < -0.39 is 6.17 Å². The minimum atomic E-state index is -0.945. The summed E-state index contributed by atoms with van der Waals surface area (Å²) in [7, 11) is 0. The van der Waals surface area contributed by atoms with Crippen LogP contribution in [0.3, 0.4) is 0 Å². The average molecular weight is 469 g/mol. The zero-order valence-corrected chi connectivity index (χ0v) is 21.3. The lowest BCUT2D eigenvalue weighted by molar-refractivity contribution is 0.177. The molecule has 0 N–H and O–H groups in total. The second-order valence-corrected chi connectivity index (χ2v) is 10.1. The normalized spacial score (nSPS) is 15.0. The molecule has 1 fully saturated rings. The molecule has 0 bridgehead atoms. The summed E-state index contributed by atoms with van der Waals surface area (Å²) in [5, 5.41) is 0. The third-order valence-corrected chi connectivity index (χ3v) is 7.16. The zero-order chi connectivity index (χ0) is 23.8. The highest BCUT2D eigenvalue weighted by atomic mass is 19.1. The van der Waals surface area contributed by atoms with Crippen LogP contribution >= 0.6 is 0 Å². The number of benzene rings is 1. The van der Waals surface area contributed by atoms with Crippen LogP contribution in [0, 0.1) is 5.92 Å². The maximum Gasteiger partial charge on any atom is 0.220 e. The van der Waals surface area contributed by atoms with Crippen molar-refractivity contribution in [2.45, 2.75) is 116 Å². The molecular formula is C30H45FN2O. The van der Waals surface area contributed by atoms with Crippen LogP contribution in [0.4, 0.5) is 4.39 Å². The van der Waals surface area contributed by atoms with Crippen molar-refractivity contribution in [3.63, 3.8) is 0 Å². The van der Waals surface area contributed by atoms with E-state index in [0.717, 1.165) is 42.7 Å². The fraction of sp³-hybridized carbons (Fsp3) is 0.667. The van der Waals surface area contributed by atoms with E-state index in [9.17, 15) is 4.39 Å². The zero-order valence-electron chi connectivity index (χ0n) is 21.3. The van der Waals surface area contributed by atoms with Crippen molar-refractivity contribution in [3.8, 4) is 17.3 Å². The van der Waals surface area contributed by atoms with Gasteiger partial charge in [0.2, 0.25) is 5.88 Å². The largest absolute Gasteiger partial charge is 0.474 e. The molecule has 3 nitrogen and oxygen atoms in total. The van der Waals surface area contributed by atoms with E-state index in [1.807, 2.05) is 36.5 Å². The number of aromatic nitrogens is 2. The van der Waals surface area contributed by atoms with Crippen molar-refractivity contribution in [3.05, 3.63) is 42.1 Å². The van der Waals surface area contributed by atoms with Gasteiger partial charge in [0.25, 0.3) is 0 Å². The van der Waals surface area contributed by atoms with E-state index >= 15 is 0 Å². The van der Waals surface area contributed by atoms with Crippen molar-refractivity contribution in [2.24, 2.45) is 5.92 Å². The van der Waals surface area contributed by atoms with Gasteiger partial charge in [0.05, 0.1) is 0 Å². The molecule has 0 aliphatic heterocycles. The number of alkyl halides is 1. The molecule has 1 aliphatic carbocycles. The molecule has 4 heteroatoms. The van der Waals surface area contributed by atoms with Gasteiger partial charge >= 0.3 is 0 Å². The Morgan fingerprint density at radius 3 is 2.47 bits per heavy atom. The van der Waals surface area contributed by atoms with Crippen LogP contribution in [-0.4, -0.2) is 22.7 Å². The lowest BCUT2D eigenvalue weighted by Gasteiger charge is -2.14. The van der Waals surface area contributed by atoms with Gasteiger partial charge in [-0.3, -0.25) is 0 Å². The Hall–Kier alpha value is -1.97. The van der Waals surface area contributed by atoms with Crippen molar-refractivity contribution in [1.29, 1.82) is 0 Å². The quantitative estimate of drug-likeness (QED) is 0.217. The van der Waals surface area contributed by atoms with Gasteiger partial charge in [-0.25, -0.2) is 9.37 Å². The first-order valence-corrected chi connectivity index (χ1v) is 13.9. The summed E-state index contributed by atoms with van der Waals surface area (Å²) in [5.41, 5.74) is 1.96. The first kappa shape index (κ1) is 26.6. The highest BCUT2D eigenvalue weighted by molar-refractivity contribution is 5.55. The van der Waals surface area contributed by atoms with E-state index in [1.165, 1.54) is 70.6 Å². The van der Waals surface area contributed by atoms with Crippen LogP contribution in [-0.2, 0) is 6.42 Å². The molecule has 1 heterocycles. The Labute approximate surface area is 206 Å². The number of halogens is 1. The molecule has 3 rings (SSSR count). The van der Waals surface area contributed by atoms with Gasteiger partial charge in [-0.1, -0.05) is 121 Å². The molecule has 0 saturated heterocycles. The fourth-order valence-corrected chi connectivity index (χ4v) is 5.04. The highest BCUT2D eigenvalue weighted by Crippen LogP contribution is 2.29. The predicted octanol–water partition coefficient (Wildman–Crippen LogP) is 8.90.